The van der Waals surface area contributed by atoms with E-state index >= 15 is 0 Å². The van der Waals surface area contributed by atoms with Gasteiger partial charge in [-0.3, -0.25) is 0 Å². The average Bonchev–Trinajstić information content (AvgIpc) is 3.52. The second-order valence-electron chi connectivity index (χ2n) is 5.99. The molecule has 1 aliphatic carbocycles. The number of rotatable bonds is 6. The van der Waals surface area contributed by atoms with E-state index in [-0.39, 0.29) is 12.6 Å². The van der Waals surface area contributed by atoms with Gasteiger partial charge < -0.3 is 4.74 Å². The van der Waals surface area contributed by atoms with E-state index in [4.69, 9.17) is 0 Å². The zero-order valence-corrected chi connectivity index (χ0v) is 14.9. The predicted molar refractivity (Wildman–Crippen MR) is 88.4 cm³/mol. The van der Waals surface area contributed by atoms with Crippen LogP contribution in [0.5, 0.6) is 0 Å². The fourth-order valence-electron chi connectivity index (χ4n) is 2.42. The largest absolute Gasteiger partial charge is 0.465 e. The number of benzene rings is 2. The molecule has 0 spiro atoms. The van der Waals surface area contributed by atoms with Crippen LogP contribution in [0.25, 0.3) is 0 Å². The number of carbonyl (C=O) groups excluding carboxylic acids is 1. The lowest BCUT2D eigenvalue weighted by Crippen LogP contribution is -2.19. The molecular weight excluding hydrogens is 389 g/mol. The van der Waals surface area contributed by atoms with Crippen molar-refractivity contribution in [2.45, 2.75) is 30.3 Å². The fourth-order valence-corrected chi connectivity index (χ4v) is 3.57. The maximum absolute atomic E-state index is 13.9. The first kappa shape index (κ1) is 19.6. The second kappa shape index (κ2) is 7.85. The van der Waals surface area contributed by atoms with Crippen LogP contribution in [0.3, 0.4) is 0 Å². The van der Waals surface area contributed by atoms with Crippen LogP contribution in [0.15, 0.2) is 29.2 Å². The summed E-state index contributed by atoms with van der Waals surface area (Å²) in [6.45, 7) is 0.205. The van der Waals surface area contributed by atoms with Gasteiger partial charge >= 0.3 is 5.97 Å². The maximum Gasteiger partial charge on any atom is 0.337 e. The van der Waals surface area contributed by atoms with Gasteiger partial charge in [0.15, 0.2) is 23.3 Å². The highest BCUT2D eigenvalue weighted by Crippen LogP contribution is 2.40. The number of carbonyl (C=O) groups is 1. The number of methoxy groups -OCH3 is 1. The normalized spacial score (nSPS) is 13.9. The Labute approximate surface area is 156 Å². The smallest absolute Gasteiger partial charge is 0.337 e. The monoisotopic (exact) mass is 403 g/mol. The van der Waals surface area contributed by atoms with Crippen LogP contribution >= 0.6 is 11.9 Å². The van der Waals surface area contributed by atoms with Crippen LogP contribution in [-0.4, -0.2) is 23.4 Å². The van der Waals surface area contributed by atoms with Gasteiger partial charge in [0.1, 0.15) is 4.90 Å². The van der Waals surface area contributed by atoms with Crippen molar-refractivity contribution in [1.82, 2.24) is 4.31 Å². The number of esters is 1. The highest BCUT2D eigenvalue weighted by Gasteiger charge is 2.34. The molecule has 2 aromatic rings. The van der Waals surface area contributed by atoms with E-state index in [0.717, 1.165) is 12.8 Å². The van der Waals surface area contributed by atoms with Crippen LogP contribution in [0, 0.1) is 29.1 Å². The van der Waals surface area contributed by atoms with Gasteiger partial charge in [-0.05, 0) is 42.5 Å². The molecule has 9 heteroatoms. The molecular formula is C18H14F5NO2S. The van der Waals surface area contributed by atoms with E-state index in [1.54, 1.807) is 16.4 Å². The van der Waals surface area contributed by atoms with Crippen molar-refractivity contribution in [1.29, 1.82) is 0 Å². The van der Waals surface area contributed by atoms with Crippen LogP contribution in [-0.2, 0) is 11.3 Å². The third kappa shape index (κ3) is 4.08. The zero-order chi connectivity index (χ0) is 19.7. The first-order valence-corrected chi connectivity index (χ1v) is 8.74. The summed E-state index contributed by atoms with van der Waals surface area (Å²) < 4.78 is 74.1. The molecule has 0 heterocycles. The Morgan fingerprint density at radius 3 is 2.00 bits per heavy atom. The Kier molecular flexibility index (Phi) is 5.71. The molecule has 0 saturated heterocycles. The fraction of sp³-hybridized carbons (Fsp3) is 0.278. The summed E-state index contributed by atoms with van der Waals surface area (Å²) in [4.78, 5) is 10.5. The molecule has 0 aromatic heterocycles. The lowest BCUT2D eigenvalue weighted by molar-refractivity contribution is 0.0600. The molecule has 0 aliphatic heterocycles. The number of nitrogens with zero attached hydrogens (tertiary/aromatic N) is 1. The van der Waals surface area contributed by atoms with Gasteiger partial charge in [-0.25, -0.2) is 31.1 Å². The minimum atomic E-state index is -2.18. The molecule has 1 aliphatic rings. The van der Waals surface area contributed by atoms with Crippen molar-refractivity contribution in [3.8, 4) is 0 Å². The van der Waals surface area contributed by atoms with Gasteiger partial charge in [0.2, 0.25) is 5.82 Å². The number of halogens is 5. The van der Waals surface area contributed by atoms with E-state index in [1.165, 1.54) is 19.2 Å². The molecule has 0 N–H and O–H groups in total. The van der Waals surface area contributed by atoms with Gasteiger partial charge in [0.25, 0.3) is 0 Å². The van der Waals surface area contributed by atoms with E-state index in [1.807, 2.05) is 0 Å². The Morgan fingerprint density at radius 2 is 1.52 bits per heavy atom. The quantitative estimate of drug-likeness (QED) is 0.227. The molecule has 144 valence electrons. The first-order chi connectivity index (χ1) is 12.8. The van der Waals surface area contributed by atoms with Crippen LogP contribution < -0.4 is 0 Å². The van der Waals surface area contributed by atoms with Crippen molar-refractivity contribution in [2.24, 2.45) is 0 Å². The van der Waals surface area contributed by atoms with Crippen molar-refractivity contribution in [3.63, 3.8) is 0 Å². The van der Waals surface area contributed by atoms with E-state index in [0.29, 0.717) is 23.1 Å². The van der Waals surface area contributed by atoms with Gasteiger partial charge in [0.05, 0.1) is 12.7 Å². The summed E-state index contributed by atoms with van der Waals surface area (Å²) in [5, 5.41) is 0. The first-order valence-electron chi connectivity index (χ1n) is 7.96. The van der Waals surface area contributed by atoms with Crippen LogP contribution in [0.4, 0.5) is 22.0 Å². The third-order valence-electron chi connectivity index (χ3n) is 4.05. The molecule has 2 aromatic carbocycles. The molecule has 0 bridgehead atoms. The SMILES string of the molecule is COC(=O)c1ccc(CN(Sc2c(F)c(F)c(F)c(F)c2F)C2CC2)cc1. The zero-order valence-electron chi connectivity index (χ0n) is 14.1. The lowest BCUT2D eigenvalue weighted by Gasteiger charge is -2.21. The molecule has 27 heavy (non-hydrogen) atoms. The average molecular weight is 403 g/mol. The summed E-state index contributed by atoms with van der Waals surface area (Å²) >= 11 is 0.504. The van der Waals surface area contributed by atoms with Crippen molar-refractivity contribution in [3.05, 3.63) is 64.5 Å². The number of hydrogen-bond acceptors (Lipinski definition) is 4. The van der Waals surface area contributed by atoms with Crippen molar-refractivity contribution < 1.29 is 31.5 Å². The standard InChI is InChI=1S/C18H14F5NO2S/c1-26-18(25)10-4-2-9(3-5-10)8-24(11-6-7-11)27-17-15(22)13(20)12(19)14(21)16(17)23/h2-5,11H,6-8H2,1H3. The van der Waals surface area contributed by atoms with Gasteiger partial charge in [-0.15, -0.1) is 0 Å². The van der Waals surface area contributed by atoms with E-state index < -0.39 is 40.0 Å². The molecule has 3 nitrogen and oxygen atoms in total. The minimum Gasteiger partial charge on any atom is -0.465 e. The minimum absolute atomic E-state index is 0.0368. The Hall–Kier alpha value is -2.13. The number of hydrogen-bond donors (Lipinski definition) is 0. The molecule has 0 radical (unpaired) electrons. The number of ether oxygens (including phenoxy) is 1. The van der Waals surface area contributed by atoms with E-state index in [2.05, 4.69) is 4.74 Å². The Morgan fingerprint density at radius 1 is 1.00 bits per heavy atom. The maximum atomic E-state index is 13.9. The summed E-state index contributed by atoms with van der Waals surface area (Å²) in [7, 11) is 1.26. The molecule has 0 unspecified atom stereocenters. The third-order valence-corrected chi connectivity index (χ3v) is 5.25. The van der Waals surface area contributed by atoms with Gasteiger partial charge in [-0.1, -0.05) is 12.1 Å². The molecule has 1 saturated carbocycles. The lowest BCUT2D eigenvalue weighted by atomic mass is 10.1. The van der Waals surface area contributed by atoms with Crippen LogP contribution in [0.2, 0.25) is 0 Å². The molecule has 3 rings (SSSR count). The summed E-state index contributed by atoms with van der Waals surface area (Å²) in [5.41, 5.74) is 1.05. The second-order valence-corrected chi connectivity index (χ2v) is 7.05. The highest BCUT2D eigenvalue weighted by molar-refractivity contribution is 7.97. The molecule has 1 fully saturated rings. The Balaban J connectivity index is 1.83. The Bertz CT molecular complexity index is 842. The summed E-state index contributed by atoms with van der Waals surface area (Å²) in [6, 6.07) is 6.32. The van der Waals surface area contributed by atoms with Gasteiger partial charge in [-0.2, -0.15) is 0 Å². The van der Waals surface area contributed by atoms with Crippen molar-refractivity contribution in [2.75, 3.05) is 7.11 Å². The molecule has 0 amide bonds. The topological polar surface area (TPSA) is 29.5 Å². The van der Waals surface area contributed by atoms with Crippen molar-refractivity contribution >= 4 is 17.9 Å². The summed E-state index contributed by atoms with van der Waals surface area (Å²) in [5.74, 6) is -10.3. The van der Waals surface area contributed by atoms with E-state index in [9.17, 15) is 26.7 Å². The van der Waals surface area contributed by atoms with Crippen LogP contribution in [0.1, 0.15) is 28.8 Å². The predicted octanol–water partition coefficient (Wildman–Crippen LogP) is 4.84. The molecule has 0 atom stereocenters. The summed E-state index contributed by atoms with van der Waals surface area (Å²) in [6.07, 6.45) is 1.51. The van der Waals surface area contributed by atoms with Gasteiger partial charge in [0, 0.05) is 12.6 Å². The highest BCUT2D eigenvalue weighted by atomic mass is 32.2.